The van der Waals surface area contributed by atoms with Crippen molar-refractivity contribution in [3.8, 4) is 0 Å². The summed E-state index contributed by atoms with van der Waals surface area (Å²) in [5.74, 6) is 0.822. The first-order valence-corrected chi connectivity index (χ1v) is 11.2. The number of carbonyl (C=O) groups excluding carboxylic acids is 2. The van der Waals surface area contributed by atoms with Crippen molar-refractivity contribution < 1.29 is 9.59 Å². The number of nitrogens with zero attached hydrogens (tertiary/aromatic N) is 2. The number of aliphatic imine (C=N–C) groups is 1. The number of anilines is 1. The minimum absolute atomic E-state index is 0. The first-order chi connectivity index (χ1) is 15.5. The topological polar surface area (TPSA) is 85.8 Å². The molecule has 1 atom stereocenters. The molecule has 0 radical (unpaired) electrons. The third-order valence-electron chi connectivity index (χ3n) is 5.64. The molecule has 0 spiro atoms. The standard InChI is InChI=1S/C25H33N5O2.HI/c1-4-18(2)29-24(32)21-8-5-7-20(15-21)17-28-25(26-3)27-16-19-10-12-22(13-11-19)30-14-6-9-23(30)31;/h5,7-8,10-13,15,18H,4,6,9,14,16-17H2,1-3H3,(H,29,32)(H2,26,27,28);1H. The molecule has 8 heteroatoms. The van der Waals surface area contributed by atoms with E-state index in [0.29, 0.717) is 31.0 Å². The second-order valence-corrected chi connectivity index (χ2v) is 8.08. The van der Waals surface area contributed by atoms with Crippen LogP contribution in [0.5, 0.6) is 0 Å². The molecule has 1 saturated heterocycles. The van der Waals surface area contributed by atoms with E-state index >= 15 is 0 Å². The van der Waals surface area contributed by atoms with Gasteiger partial charge >= 0.3 is 0 Å². The van der Waals surface area contributed by atoms with E-state index in [1.807, 2.05) is 67.3 Å². The summed E-state index contributed by atoms with van der Waals surface area (Å²) >= 11 is 0. The highest BCUT2D eigenvalue weighted by atomic mass is 127. The molecule has 0 aliphatic carbocycles. The number of guanidine groups is 1. The van der Waals surface area contributed by atoms with E-state index < -0.39 is 0 Å². The van der Waals surface area contributed by atoms with Crippen molar-refractivity contribution in [3.63, 3.8) is 0 Å². The van der Waals surface area contributed by atoms with Crippen molar-refractivity contribution in [3.05, 3.63) is 65.2 Å². The lowest BCUT2D eigenvalue weighted by molar-refractivity contribution is -0.117. The monoisotopic (exact) mass is 563 g/mol. The zero-order valence-electron chi connectivity index (χ0n) is 19.6. The average molecular weight is 563 g/mol. The summed E-state index contributed by atoms with van der Waals surface area (Å²) in [5, 5.41) is 9.59. The van der Waals surface area contributed by atoms with Crippen molar-refractivity contribution in [1.29, 1.82) is 0 Å². The van der Waals surface area contributed by atoms with Crippen LogP contribution in [-0.2, 0) is 17.9 Å². The number of halogens is 1. The summed E-state index contributed by atoms with van der Waals surface area (Å²) in [6, 6.07) is 15.8. The number of carbonyl (C=O) groups is 2. The SMILES string of the molecule is CCC(C)NC(=O)c1cccc(CNC(=NC)NCc2ccc(N3CCCC3=O)cc2)c1.I. The predicted octanol–water partition coefficient (Wildman–Crippen LogP) is 3.82. The van der Waals surface area contributed by atoms with E-state index in [2.05, 4.69) is 20.9 Å². The van der Waals surface area contributed by atoms with Gasteiger partial charge in [0.15, 0.2) is 5.96 Å². The van der Waals surface area contributed by atoms with Crippen molar-refractivity contribution in [2.75, 3.05) is 18.5 Å². The molecule has 0 saturated carbocycles. The van der Waals surface area contributed by atoms with E-state index in [0.717, 1.165) is 36.2 Å². The Kier molecular flexibility index (Phi) is 10.6. The Bertz CT molecular complexity index is 962. The molecule has 2 aromatic carbocycles. The first kappa shape index (κ1) is 26.6. The van der Waals surface area contributed by atoms with Gasteiger partial charge in [-0.25, -0.2) is 0 Å². The molecule has 3 rings (SSSR count). The molecule has 0 bridgehead atoms. The molecule has 33 heavy (non-hydrogen) atoms. The van der Waals surface area contributed by atoms with Gasteiger partial charge in [0.1, 0.15) is 0 Å². The van der Waals surface area contributed by atoms with Gasteiger partial charge < -0.3 is 20.9 Å². The summed E-state index contributed by atoms with van der Waals surface area (Å²) in [4.78, 5) is 30.4. The molecule has 3 N–H and O–H groups in total. The second kappa shape index (κ2) is 13.2. The highest BCUT2D eigenvalue weighted by Gasteiger charge is 2.21. The molecule has 1 fully saturated rings. The quantitative estimate of drug-likeness (QED) is 0.259. The number of hydrogen-bond acceptors (Lipinski definition) is 3. The Morgan fingerprint density at radius 3 is 2.39 bits per heavy atom. The number of hydrogen-bond donors (Lipinski definition) is 3. The number of benzene rings is 2. The molecule has 1 unspecified atom stereocenters. The maximum atomic E-state index is 12.4. The maximum absolute atomic E-state index is 12.4. The Hall–Kier alpha value is -2.62. The van der Waals surface area contributed by atoms with Crippen molar-refractivity contribution in [1.82, 2.24) is 16.0 Å². The first-order valence-electron chi connectivity index (χ1n) is 11.2. The van der Waals surface area contributed by atoms with E-state index in [1.165, 1.54) is 0 Å². The summed E-state index contributed by atoms with van der Waals surface area (Å²) < 4.78 is 0. The Labute approximate surface area is 213 Å². The fourth-order valence-corrected chi connectivity index (χ4v) is 3.54. The molecule has 1 heterocycles. The van der Waals surface area contributed by atoms with Crippen LogP contribution in [0.2, 0.25) is 0 Å². The van der Waals surface area contributed by atoms with Gasteiger partial charge in [-0.05, 0) is 55.2 Å². The third-order valence-corrected chi connectivity index (χ3v) is 5.64. The third kappa shape index (κ3) is 7.73. The van der Waals surface area contributed by atoms with Gasteiger partial charge in [-0.1, -0.05) is 31.2 Å². The molecule has 2 aromatic rings. The van der Waals surface area contributed by atoms with Crippen molar-refractivity contribution >= 4 is 47.4 Å². The van der Waals surface area contributed by atoms with E-state index in [-0.39, 0.29) is 41.8 Å². The van der Waals surface area contributed by atoms with Crippen LogP contribution in [0.15, 0.2) is 53.5 Å². The summed E-state index contributed by atoms with van der Waals surface area (Å²) in [5.41, 5.74) is 3.72. The Morgan fingerprint density at radius 2 is 1.79 bits per heavy atom. The van der Waals surface area contributed by atoms with E-state index in [4.69, 9.17) is 0 Å². The fourth-order valence-electron chi connectivity index (χ4n) is 3.54. The zero-order valence-corrected chi connectivity index (χ0v) is 21.9. The van der Waals surface area contributed by atoms with Gasteiger partial charge in [0.05, 0.1) is 0 Å². The van der Waals surface area contributed by atoms with Gasteiger partial charge in [-0.3, -0.25) is 14.6 Å². The molecule has 1 aliphatic rings. The van der Waals surface area contributed by atoms with E-state index in [1.54, 1.807) is 7.05 Å². The summed E-state index contributed by atoms with van der Waals surface area (Å²) in [6.45, 7) is 6.02. The molecular formula is C25H34IN5O2. The molecular weight excluding hydrogens is 529 g/mol. The fraction of sp³-hybridized carbons (Fsp3) is 0.400. The molecule has 7 nitrogen and oxygen atoms in total. The normalized spacial score (nSPS) is 14.5. The van der Waals surface area contributed by atoms with Gasteiger partial charge in [-0.15, -0.1) is 24.0 Å². The minimum Gasteiger partial charge on any atom is -0.352 e. The number of nitrogens with one attached hydrogen (secondary N) is 3. The highest BCUT2D eigenvalue weighted by Crippen LogP contribution is 2.21. The van der Waals surface area contributed by atoms with Crippen LogP contribution in [-0.4, -0.2) is 37.4 Å². The lowest BCUT2D eigenvalue weighted by Crippen LogP contribution is -2.36. The largest absolute Gasteiger partial charge is 0.352 e. The van der Waals surface area contributed by atoms with Crippen LogP contribution in [0.3, 0.4) is 0 Å². The molecule has 0 aromatic heterocycles. The summed E-state index contributed by atoms with van der Waals surface area (Å²) in [6.07, 6.45) is 2.46. The Morgan fingerprint density at radius 1 is 1.09 bits per heavy atom. The molecule has 1 aliphatic heterocycles. The second-order valence-electron chi connectivity index (χ2n) is 8.08. The average Bonchev–Trinajstić information content (AvgIpc) is 3.25. The molecule has 2 amide bonds. The van der Waals surface area contributed by atoms with Crippen LogP contribution in [0.4, 0.5) is 5.69 Å². The lowest BCUT2D eigenvalue weighted by Gasteiger charge is -2.16. The van der Waals surface area contributed by atoms with Gasteiger partial charge in [-0.2, -0.15) is 0 Å². The van der Waals surface area contributed by atoms with Gasteiger partial charge in [0.2, 0.25) is 5.91 Å². The smallest absolute Gasteiger partial charge is 0.251 e. The van der Waals surface area contributed by atoms with Crippen LogP contribution < -0.4 is 20.9 Å². The van der Waals surface area contributed by atoms with Crippen molar-refractivity contribution in [2.45, 2.75) is 52.2 Å². The van der Waals surface area contributed by atoms with Gasteiger partial charge in [0, 0.05) is 50.4 Å². The van der Waals surface area contributed by atoms with Crippen LogP contribution in [0.1, 0.15) is 54.6 Å². The lowest BCUT2D eigenvalue weighted by atomic mass is 10.1. The number of rotatable bonds is 8. The highest BCUT2D eigenvalue weighted by molar-refractivity contribution is 14.0. The van der Waals surface area contributed by atoms with Crippen LogP contribution >= 0.6 is 24.0 Å². The number of amides is 2. The Balaban J connectivity index is 0.00000385. The van der Waals surface area contributed by atoms with Gasteiger partial charge in [0.25, 0.3) is 5.91 Å². The van der Waals surface area contributed by atoms with Crippen molar-refractivity contribution in [2.24, 2.45) is 4.99 Å². The minimum atomic E-state index is -0.0530. The summed E-state index contributed by atoms with van der Waals surface area (Å²) in [7, 11) is 1.73. The van der Waals surface area contributed by atoms with E-state index in [9.17, 15) is 9.59 Å². The molecule has 178 valence electrons. The van der Waals surface area contributed by atoms with Crippen LogP contribution in [0, 0.1) is 0 Å². The predicted molar refractivity (Wildman–Crippen MR) is 144 cm³/mol. The zero-order chi connectivity index (χ0) is 22.9. The maximum Gasteiger partial charge on any atom is 0.251 e. The van der Waals surface area contributed by atoms with Crippen LogP contribution in [0.25, 0.3) is 0 Å².